The summed E-state index contributed by atoms with van der Waals surface area (Å²) in [7, 11) is -2.54. The van der Waals surface area contributed by atoms with Gasteiger partial charge in [-0.15, -0.1) is 0 Å². The highest BCUT2D eigenvalue weighted by atomic mass is 31.2. The van der Waals surface area contributed by atoms with Crippen molar-refractivity contribution in [3.8, 4) is 0 Å². The lowest BCUT2D eigenvalue weighted by molar-refractivity contribution is -0.127. The second-order valence-corrected chi connectivity index (χ2v) is 7.08. The maximum atomic E-state index is 12.0. The second-order valence-electron chi connectivity index (χ2n) is 4.40. The monoisotopic (exact) mass is 232 g/mol. The Morgan fingerprint density at radius 3 is 2.80 bits per heavy atom. The van der Waals surface area contributed by atoms with Crippen LogP contribution in [0.25, 0.3) is 0 Å². The summed E-state index contributed by atoms with van der Waals surface area (Å²) in [5.41, 5.74) is 0. The molecule has 88 valence electrons. The van der Waals surface area contributed by atoms with E-state index in [4.69, 9.17) is 4.52 Å². The van der Waals surface area contributed by atoms with Gasteiger partial charge >= 0.3 is 0 Å². The van der Waals surface area contributed by atoms with Crippen molar-refractivity contribution >= 4 is 13.2 Å². The lowest BCUT2D eigenvalue weighted by atomic mass is 9.97. The van der Waals surface area contributed by atoms with Gasteiger partial charge in [0.2, 0.25) is 7.37 Å². The molecule has 3 nitrogen and oxygen atoms in total. The fourth-order valence-corrected chi connectivity index (χ4v) is 3.59. The summed E-state index contributed by atoms with van der Waals surface area (Å²) >= 11 is 0. The van der Waals surface area contributed by atoms with Gasteiger partial charge < -0.3 is 4.52 Å². The second kappa shape index (κ2) is 5.81. The van der Waals surface area contributed by atoms with Gasteiger partial charge in [0.05, 0.1) is 0 Å². The van der Waals surface area contributed by atoms with Gasteiger partial charge in [-0.25, -0.2) is 0 Å². The molecule has 1 aliphatic rings. The summed E-state index contributed by atoms with van der Waals surface area (Å²) < 4.78 is 17.5. The number of hydrogen-bond acceptors (Lipinski definition) is 3. The standard InChI is InChI=1S/C11H21O3P/c1-3-4-9-15(2,13)14-11-8-6-5-7-10(11)12/h11H,3-9H2,1-2H3. The summed E-state index contributed by atoms with van der Waals surface area (Å²) in [6.07, 6.45) is 5.47. The molecule has 0 aliphatic heterocycles. The van der Waals surface area contributed by atoms with Crippen molar-refractivity contribution in [3.63, 3.8) is 0 Å². The smallest absolute Gasteiger partial charge is 0.200 e. The number of Topliss-reactive ketones (excluding diaryl/α,β-unsaturated/α-hetero) is 1. The lowest BCUT2D eigenvalue weighted by Crippen LogP contribution is -2.26. The molecule has 15 heavy (non-hydrogen) atoms. The van der Waals surface area contributed by atoms with Crippen molar-refractivity contribution in [2.75, 3.05) is 12.8 Å². The Morgan fingerprint density at radius 1 is 1.47 bits per heavy atom. The van der Waals surface area contributed by atoms with E-state index in [1.165, 1.54) is 0 Å². The highest BCUT2D eigenvalue weighted by Gasteiger charge is 2.28. The Hall–Kier alpha value is -0.140. The largest absolute Gasteiger partial charge is 0.317 e. The van der Waals surface area contributed by atoms with Gasteiger partial charge in [-0.1, -0.05) is 13.3 Å². The van der Waals surface area contributed by atoms with E-state index in [-0.39, 0.29) is 11.9 Å². The van der Waals surface area contributed by atoms with Crippen LogP contribution in [0.1, 0.15) is 45.4 Å². The summed E-state index contributed by atoms with van der Waals surface area (Å²) in [5, 5.41) is 0. The zero-order chi connectivity index (χ0) is 11.3. The van der Waals surface area contributed by atoms with Crippen molar-refractivity contribution in [1.29, 1.82) is 0 Å². The Balaban J connectivity index is 2.44. The maximum absolute atomic E-state index is 12.0. The van der Waals surface area contributed by atoms with E-state index >= 15 is 0 Å². The van der Waals surface area contributed by atoms with Gasteiger partial charge in [-0.3, -0.25) is 9.36 Å². The Morgan fingerprint density at radius 2 is 2.20 bits per heavy atom. The van der Waals surface area contributed by atoms with Crippen molar-refractivity contribution in [1.82, 2.24) is 0 Å². The molecule has 0 saturated heterocycles. The Labute approximate surface area is 92.0 Å². The minimum absolute atomic E-state index is 0.139. The van der Waals surface area contributed by atoms with Crippen molar-refractivity contribution in [2.24, 2.45) is 0 Å². The summed E-state index contributed by atoms with van der Waals surface area (Å²) in [4.78, 5) is 11.5. The summed E-state index contributed by atoms with van der Waals surface area (Å²) in [6.45, 7) is 3.72. The molecule has 1 fully saturated rings. The number of hydrogen-bond donors (Lipinski definition) is 0. The van der Waals surface area contributed by atoms with Gasteiger partial charge in [-0.05, 0) is 25.7 Å². The van der Waals surface area contributed by atoms with Gasteiger partial charge in [0, 0.05) is 19.2 Å². The third-order valence-electron chi connectivity index (χ3n) is 2.77. The Kier molecular flexibility index (Phi) is 5.01. The predicted molar refractivity (Wildman–Crippen MR) is 61.7 cm³/mol. The normalized spacial score (nSPS) is 26.3. The van der Waals surface area contributed by atoms with Crippen molar-refractivity contribution in [3.05, 3.63) is 0 Å². The molecule has 0 aromatic rings. The molecule has 2 unspecified atom stereocenters. The first-order chi connectivity index (χ1) is 7.05. The third-order valence-corrected chi connectivity index (χ3v) is 4.60. The summed E-state index contributed by atoms with van der Waals surface area (Å²) in [5.74, 6) is 0.139. The van der Waals surface area contributed by atoms with Crippen LogP contribution in [0.4, 0.5) is 0 Å². The minimum Gasteiger partial charge on any atom is -0.317 e. The van der Waals surface area contributed by atoms with Crippen molar-refractivity contribution < 1.29 is 13.9 Å². The van der Waals surface area contributed by atoms with Crippen molar-refractivity contribution in [2.45, 2.75) is 51.6 Å². The molecule has 0 amide bonds. The Bertz CT molecular complexity index is 263. The van der Waals surface area contributed by atoms with E-state index in [0.29, 0.717) is 12.6 Å². The average molecular weight is 232 g/mol. The highest BCUT2D eigenvalue weighted by Crippen LogP contribution is 2.46. The molecule has 1 rings (SSSR count). The van der Waals surface area contributed by atoms with Crippen LogP contribution >= 0.6 is 7.37 Å². The van der Waals surface area contributed by atoms with Crippen LogP contribution in [0.5, 0.6) is 0 Å². The average Bonchev–Trinajstić information content (AvgIpc) is 2.18. The zero-order valence-corrected chi connectivity index (χ0v) is 10.6. The van der Waals surface area contributed by atoms with Crippen LogP contribution in [-0.4, -0.2) is 24.7 Å². The van der Waals surface area contributed by atoms with E-state index < -0.39 is 7.37 Å². The maximum Gasteiger partial charge on any atom is 0.200 e. The zero-order valence-electron chi connectivity index (χ0n) is 9.70. The fraction of sp³-hybridized carbons (Fsp3) is 0.909. The molecule has 0 N–H and O–H groups in total. The molecular formula is C11H21O3P. The first-order valence-corrected chi connectivity index (χ1v) is 8.08. The number of carbonyl (C=O) groups is 1. The fourth-order valence-electron chi connectivity index (χ4n) is 1.83. The molecule has 0 radical (unpaired) electrons. The third kappa shape index (κ3) is 4.48. The molecule has 1 aliphatic carbocycles. The van der Waals surface area contributed by atoms with Gasteiger partial charge in [0.1, 0.15) is 6.10 Å². The number of carbonyl (C=O) groups excluding carboxylic acids is 1. The predicted octanol–water partition coefficient (Wildman–Crippen LogP) is 3.22. The van der Waals surface area contributed by atoms with Gasteiger partial charge in [-0.2, -0.15) is 0 Å². The van der Waals surface area contributed by atoms with E-state index in [9.17, 15) is 9.36 Å². The van der Waals surface area contributed by atoms with Gasteiger partial charge in [0.25, 0.3) is 0 Å². The molecule has 0 aromatic heterocycles. The van der Waals surface area contributed by atoms with Crippen LogP contribution in [0.3, 0.4) is 0 Å². The van der Waals surface area contributed by atoms with Crippen LogP contribution in [0, 0.1) is 0 Å². The van der Waals surface area contributed by atoms with E-state index in [1.807, 2.05) is 0 Å². The molecule has 0 aromatic carbocycles. The van der Waals surface area contributed by atoms with E-state index in [2.05, 4.69) is 6.92 Å². The van der Waals surface area contributed by atoms with Crippen LogP contribution < -0.4 is 0 Å². The quantitative estimate of drug-likeness (QED) is 0.683. The van der Waals surface area contributed by atoms with Gasteiger partial charge in [0.15, 0.2) is 5.78 Å². The number of ketones is 1. The molecule has 2 atom stereocenters. The first kappa shape index (κ1) is 12.9. The van der Waals surface area contributed by atoms with Crippen LogP contribution in [0.2, 0.25) is 0 Å². The molecular weight excluding hydrogens is 211 g/mol. The number of unbranched alkanes of at least 4 members (excludes halogenated alkanes) is 1. The van der Waals surface area contributed by atoms with Crippen LogP contribution in [-0.2, 0) is 13.9 Å². The van der Waals surface area contributed by atoms with E-state index in [1.54, 1.807) is 6.66 Å². The first-order valence-electron chi connectivity index (χ1n) is 5.83. The van der Waals surface area contributed by atoms with Crippen LogP contribution in [0.15, 0.2) is 0 Å². The minimum atomic E-state index is -2.54. The van der Waals surface area contributed by atoms with E-state index in [0.717, 1.165) is 32.1 Å². The molecule has 0 bridgehead atoms. The topological polar surface area (TPSA) is 43.4 Å². The number of rotatable bonds is 5. The molecule has 4 heteroatoms. The molecule has 1 saturated carbocycles. The molecule has 0 spiro atoms. The highest BCUT2D eigenvalue weighted by molar-refractivity contribution is 7.58. The summed E-state index contributed by atoms with van der Waals surface area (Å²) in [6, 6.07) is 0. The molecule has 0 heterocycles. The SMILES string of the molecule is CCCCP(C)(=O)OC1CCCCC1=O. The lowest BCUT2D eigenvalue weighted by Gasteiger charge is -2.24.